The van der Waals surface area contributed by atoms with E-state index in [-0.39, 0.29) is 6.04 Å². The van der Waals surface area contributed by atoms with Crippen molar-refractivity contribution in [1.29, 1.82) is 0 Å². The van der Waals surface area contributed by atoms with Crippen LogP contribution >= 0.6 is 11.8 Å². The van der Waals surface area contributed by atoms with Crippen LogP contribution in [0.3, 0.4) is 0 Å². The predicted octanol–water partition coefficient (Wildman–Crippen LogP) is 4.33. The smallest absolute Gasteiger partial charge is 0.288 e. The molecule has 2 unspecified atom stereocenters. The van der Waals surface area contributed by atoms with Gasteiger partial charge in [-0.25, -0.2) is 0 Å². The summed E-state index contributed by atoms with van der Waals surface area (Å²) in [5.41, 5.74) is 0.807. The van der Waals surface area contributed by atoms with Gasteiger partial charge in [0, 0.05) is 22.7 Å². The van der Waals surface area contributed by atoms with Crippen LogP contribution in [-0.4, -0.2) is 24.4 Å². The molecule has 0 saturated carbocycles. The maximum atomic E-state index is 12.5. The van der Waals surface area contributed by atoms with E-state index in [4.69, 9.17) is 0 Å². The molecule has 2 rings (SSSR count). The number of anilines is 1. The van der Waals surface area contributed by atoms with Gasteiger partial charge in [-0.3, -0.25) is 0 Å². The number of hydrogen-bond donors (Lipinski definition) is 2. The number of rotatable bonds is 6. The molecule has 0 aliphatic carbocycles. The fourth-order valence-electron chi connectivity index (χ4n) is 2.66. The molecule has 0 bridgehead atoms. The van der Waals surface area contributed by atoms with E-state index in [1.54, 1.807) is 12.1 Å². The summed E-state index contributed by atoms with van der Waals surface area (Å²) in [6.45, 7) is 3.20. The van der Waals surface area contributed by atoms with Crippen LogP contribution in [0.5, 0.6) is 0 Å². The van der Waals surface area contributed by atoms with Gasteiger partial charge < -0.3 is 10.6 Å². The molecule has 1 fully saturated rings. The van der Waals surface area contributed by atoms with E-state index in [0.29, 0.717) is 22.7 Å². The summed E-state index contributed by atoms with van der Waals surface area (Å²) in [4.78, 5) is 0.617. The average Bonchev–Trinajstić information content (AvgIpc) is 2.41. The van der Waals surface area contributed by atoms with Crippen molar-refractivity contribution in [3.05, 3.63) is 24.3 Å². The Hall–Kier alpha value is -0.810. The molecule has 1 heterocycles. The zero-order valence-electron chi connectivity index (χ0n) is 11.7. The first-order valence-corrected chi connectivity index (χ1v) is 8.07. The number of halogens is 2. The van der Waals surface area contributed by atoms with Crippen LogP contribution < -0.4 is 10.6 Å². The van der Waals surface area contributed by atoms with Gasteiger partial charge in [-0.2, -0.15) is 8.78 Å². The Morgan fingerprint density at radius 2 is 2.15 bits per heavy atom. The van der Waals surface area contributed by atoms with Gasteiger partial charge in [-0.05, 0) is 44.9 Å². The summed E-state index contributed by atoms with van der Waals surface area (Å²) in [6.07, 6.45) is 4.77. The minimum absolute atomic E-state index is 0.269. The lowest BCUT2D eigenvalue weighted by Crippen LogP contribution is -2.37. The van der Waals surface area contributed by atoms with Crippen LogP contribution in [0, 0.1) is 0 Å². The fraction of sp³-hybridized carbons (Fsp3) is 0.600. The van der Waals surface area contributed by atoms with E-state index in [1.165, 1.54) is 19.3 Å². The molecule has 1 aromatic carbocycles. The Labute approximate surface area is 123 Å². The van der Waals surface area contributed by atoms with Crippen molar-refractivity contribution in [2.45, 2.75) is 55.3 Å². The van der Waals surface area contributed by atoms with Gasteiger partial charge in [0.2, 0.25) is 0 Å². The SMILES string of the molecule is CC(CC1CCCCN1)Nc1ccccc1SC(F)F. The van der Waals surface area contributed by atoms with E-state index in [0.717, 1.165) is 18.7 Å². The molecule has 112 valence electrons. The van der Waals surface area contributed by atoms with Crippen LogP contribution in [0.4, 0.5) is 14.5 Å². The first-order valence-electron chi connectivity index (χ1n) is 7.19. The molecule has 0 aromatic heterocycles. The molecular weight excluding hydrogens is 278 g/mol. The third-order valence-corrected chi connectivity index (χ3v) is 4.34. The van der Waals surface area contributed by atoms with Crippen molar-refractivity contribution in [3.8, 4) is 0 Å². The molecule has 5 heteroatoms. The fourth-order valence-corrected chi connectivity index (χ4v) is 3.26. The van der Waals surface area contributed by atoms with Crippen LogP contribution in [0.2, 0.25) is 0 Å². The molecule has 20 heavy (non-hydrogen) atoms. The number of benzene rings is 1. The predicted molar refractivity (Wildman–Crippen MR) is 81.6 cm³/mol. The van der Waals surface area contributed by atoms with Crippen molar-refractivity contribution in [2.75, 3.05) is 11.9 Å². The van der Waals surface area contributed by atoms with Crippen LogP contribution in [-0.2, 0) is 0 Å². The number of thioether (sulfide) groups is 1. The molecule has 0 radical (unpaired) electrons. The van der Waals surface area contributed by atoms with Gasteiger partial charge >= 0.3 is 0 Å². The largest absolute Gasteiger partial charge is 0.382 e. The second kappa shape index (κ2) is 7.84. The Kier molecular flexibility index (Phi) is 6.10. The summed E-state index contributed by atoms with van der Waals surface area (Å²) in [5.74, 6) is -2.38. The zero-order valence-corrected chi connectivity index (χ0v) is 12.6. The van der Waals surface area contributed by atoms with Crippen molar-refractivity contribution >= 4 is 17.4 Å². The molecule has 2 N–H and O–H groups in total. The van der Waals surface area contributed by atoms with Gasteiger partial charge in [-0.15, -0.1) is 0 Å². The molecule has 1 saturated heterocycles. The number of alkyl halides is 2. The van der Waals surface area contributed by atoms with Crippen LogP contribution in [0.25, 0.3) is 0 Å². The van der Waals surface area contributed by atoms with Gasteiger partial charge in [0.1, 0.15) is 0 Å². The molecule has 0 amide bonds. The van der Waals surface area contributed by atoms with E-state index < -0.39 is 5.76 Å². The summed E-state index contributed by atoms with van der Waals surface area (Å²) < 4.78 is 25.1. The van der Waals surface area contributed by atoms with Gasteiger partial charge in [0.15, 0.2) is 0 Å². The van der Waals surface area contributed by atoms with Gasteiger partial charge in [0.25, 0.3) is 5.76 Å². The second-order valence-corrected chi connectivity index (χ2v) is 6.33. The Balaban J connectivity index is 1.91. The van der Waals surface area contributed by atoms with Gasteiger partial charge in [0.05, 0.1) is 0 Å². The quantitative estimate of drug-likeness (QED) is 0.765. The number of piperidine rings is 1. The molecule has 2 nitrogen and oxygen atoms in total. The lowest BCUT2D eigenvalue weighted by Gasteiger charge is -2.27. The summed E-state index contributed by atoms with van der Waals surface area (Å²) in [7, 11) is 0. The minimum atomic E-state index is -2.38. The lowest BCUT2D eigenvalue weighted by atomic mass is 9.99. The van der Waals surface area contributed by atoms with E-state index in [1.807, 2.05) is 12.1 Å². The van der Waals surface area contributed by atoms with E-state index >= 15 is 0 Å². The van der Waals surface area contributed by atoms with Crippen molar-refractivity contribution < 1.29 is 8.78 Å². The highest BCUT2D eigenvalue weighted by Gasteiger charge is 2.17. The average molecular weight is 300 g/mol. The minimum Gasteiger partial charge on any atom is -0.382 e. The van der Waals surface area contributed by atoms with E-state index in [9.17, 15) is 8.78 Å². The number of para-hydroxylation sites is 1. The van der Waals surface area contributed by atoms with E-state index in [2.05, 4.69) is 17.6 Å². The first-order chi connectivity index (χ1) is 9.65. The normalized spacial score (nSPS) is 20.9. The Morgan fingerprint density at radius 3 is 2.85 bits per heavy atom. The Bertz CT molecular complexity index is 409. The van der Waals surface area contributed by atoms with Crippen LogP contribution in [0.15, 0.2) is 29.2 Å². The molecule has 1 aliphatic heterocycles. The first kappa shape index (κ1) is 15.6. The standard InChI is InChI=1S/C15H22F2N2S/c1-11(10-12-6-4-5-9-18-12)19-13-7-2-3-8-14(13)20-15(16)17/h2-3,7-8,11-12,15,18-19H,4-6,9-10H2,1H3. The number of nitrogens with one attached hydrogen (secondary N) is 2. The van der Waals surface area contributed by atoms with Crippen molar-refractivity contribution in [2.24, 2.45) is 0 Å². The summed E-state index contributed by atoms with van der Waals surface area (Å²) in [5, 5.41) is 6.89. The topological polar surface area (TPSA) is 24.1 Å². The summed E-state index contributed by atoms with van der Waals surface area (Å²) >= 11 is 0.602. The molecule has 1 aliphatic rings. The monoisotopic (exact) mass is 300 g/mol. The van der Waals surface area contributed by atoms with Gasteiger partial charge in [-0.1, -0.05) is 30.3 Å². The Morgan fingerprint density at radius 1 is 1.35 bits per heavy atom. The molecule has 0 spiro atoms. The molecular formula is C15H22F2N2S. The van der Waals surface area contributed by atoms with Crippen molar-refractivity contribution in [3.63, 3.8) is 0 Å². The van der Waals surface area contributed by atoms with Crippen molar-refractivity contribution in [1.82, 2.24) is 5.32 Å². The highest BCUT2D eigenvalue weighted by Crippen LogP contribution is 2.32. The molecule has 2 atom stereocenters. The highest BCUT2D eigenvalue weighted by molar-refractivity contribution is 7.99. The third kappa shape index (κ3) is 4.94. The maximum absolute atomic E-state index is 12.5. The number of hydrogen-bond acceptors (Lipinski definition) is 3. The second-order valence-electron chi connectivity index (χ2n) is 5.30. The maximum Gasteiger partial charge on any atom is 0.288 e. The molecule has 1 aromatic rings. The summed E-state index contributed by atoms with van der Waals surface area (Å²) in [6, 6.07) is 8.10. The zero-order chi connectivity index (χ0) is 14.4. The van der Waals surface area contributed by atoms with Crippen LogP contribution in [0.1, 0.15) is 32.6 Å². The highest BCUT2D eigenvalue weighted by atomic mass is 32.2. The lowest BCUT2D eigenvalue weighted by molar-refractivity contribution is 0.252. The third-order valence-electron chi connectivity index (χ3n) is 3.56.